The molecule has 1 heterocycles. The standard InChI is InChI=1S/C13H23N3O2S/c1-8(2)11-15-13(19-16-11)14-10(4)7-5-6-9(3)12(17)18/h8-10H,5-7H2,1-4H3,(H,17,18)(H,14,15,16). The first-order valence-electron chi connectivity index (χ1n) is 6.73. The molecule has 0 spiro atoms. The zero-order chi connectivity index (χ0) is 14.4. The van der Waals surface area contributed by atoms with Gasteiger partial charge < -0.3 is 10.4 Å². The molecule has 6 heteroatoms. The van der Waals surface area contributed by atoms with Gasteiger partial charge in [0.05, 0.1) is 5.92 Å². The Bertz CT molecular complexity index is 406. The molecular weight excluding hydrogens is 262 g/mol. The van der Waals surface area contributed by atoms with Crippen LogP contribution in [0.5, 0.6) is 0 Å². The summed E-state index contributed by atoms with van der Waals surface area (Å²) in [6.45, 7) is 7.98. The van der Waals surface area contributed by atoms with Gasteiger partial charge in [0.1, 0.15) is 5.82 Å². The predicted molar refractivity (Wildman–Crippen MR) is 77.7 cm³/mol. The Labute approximate surface area is 118 Å². The summed E-state index contributed by atoms with van der Waals surface area (Å²) in [4.78, 5) is 15.1. The topological polar surface area (TPSA) is 75.1 Å². The lowest BCUT2D eigenvalue weighted by atomic mass is 10.0. The highest BCUT2D eigenvalue weighted by Crippen LogP contribution is 2.19. The number of aliphatic carboxylic acids is 1. The highest BCUT2D eigenvalue weighted by Gasteiger charge is 2.12. The van der Waals surface area contributed by atoms with Crippen molar-refractivity contribution in [1.29, 1.82) is 0 Å². The van der Waals surface area contributed by atoms with Crippen LogP contribution in [-0.2, 0) is 4.79 Å². The minimum atomic E-state index is -0.716. The molecule has 0 aromatic carbocycles. The van der Waals surface area contributed by atoms with Gasteiger partial charge in [-0.2, -0.15) is 4.37 Å². The van der Waals surface area contributed by atoms with Crippen LogP contribution < -0.4 is 5.32 Å². The highest BCUT2D eigenvalue weighted by atomic mass is 32.1. The smallest absolute Gasteiger partial charge is 0.306 e. The molecule has 19 heavy (non-hydrogen) atoms. The summed E-state index contributed by atoms with van der Waals surface area (Å²) in [5, 5.41) is 13.0. The van der Waals surface area contributed by atoms with Crippen molar-refractivity contribution in [2.24, 2.45) is 5.92 Å². The van der Waals surface area contributed by atoms with Crippen LogP contribution in [-0.4, -0.2) is 26.5 Å². The number of rotatable bonds is 8. The molecule has 108 valence electrons. The molecule has 0 radical (unpaired) electrons. The molecule has 0 saturated heterocycles. The zero-order valence-electron chi connectivity index (χ0n) is 12.0. The maximum absolute atomic E-state index is 10.7. The minimum Gasteiger partial charge on any atom is -0.481 e. The lowest BCUT2D eigenvalue weighted by Gasteiger charge is -2.13. The quantitative estimate of drug-likeness (QED) is 0.766. The van der Waals surface area contributed by atoms with Crippen molar-refractivity contribution in [3.63, 3.8) is 0 Å². The van der Waals surface area contributed by atoms with Crippen LogP contribution in [0.25, 0.3) is 0 Å². The van der Waals surface area contributed by atoms with Gasteiger partial charge in [-0.1, -0.05) is 27.2 Å². The second-order valence-electron chi connectivity index (χ2n) is 5.33. The first-order valence-corrected chi connectivity index (χ1v) is 7.50. The summed E-state index contributed by atoms with van der Waals surface area (Å²) in [6, 6.07) is 0.286. The number of aromatic nitrogens is 2. The lowest BCUT2D eigenvalue weighted by molar-refractivity contribution is -0.141. The van der Waals surface area contributed by atoms with Crippen molar-refractivity contribution >= 4 is 22.6 Å². The molecule has 0 aliphatic carbocycles. The van der Waals surface area contributed by atoms with Crippen LogP contribution in [0.4, 0.5) is 5.13 Å². The van der Waals surface area contributed by atoms with Crippen molar-refractivity contribution in [2.45, 2.75) is 58.9 Å². The summed E-state index contributed by atoms with van der Waals surface area (Å²) >= 11 is 1.38. The number of nitrogens with zero attached hydrogens (tertiary/aromatic N) is 2. The molecule has 2 atom stereocenters. The zero-order valence-corrected chi connectivity index (χ0v) is 12.8. The summed E-state index contributed by atoms with van der Waals surface area (Å²) in [7, 11) is 0. The molecule has 2 unspecified atom stereocenters. The Morgan fingerprint density at radius 2 is 2.00 bits per heavy atom. The fourth-order valence-electron chi connectivity index (χ4n) is 1.66. The molecule has 1 aromatic rings. The van der Waals surface area contributed by atoms with E-state index in [1.165, 1.54) is 11.5 Å². The third-order valence-electron chi connectivity index (χ3n) is 3.02. The largest absolute Gasteiger partial charge is 0.481 e. The van der Waals surface area contributed by atoms with Gasteiger partial charge in [-0.3, -0.25) is 4.79 Å². The second-order valence-corrected chi connectivity index (χ2v) is 6.08. The van der Waals surface area contributed by atoms with Gasteiger partial charge >= 0.3 is 5.97 Å². The SMILES string of the molecule is CC(CCCC(C)C(=O)O)Nc1nc(C(C)C)ns1. The number of hydrogen-bond donors (Lipinski definition) is 2. The molecule has 0 amide bonds. The Balaban J connectivity index is 2.30. The molecule has 0 saturated carbocycles. The molecule has 0 fully saturated rings. The number of carboxylic acids is 1. The molecule has 0 aliphatic rings. The van der Waals surface area contributed by atoms with Gasteiger partial charge in [0, 0.05) is 23.5 Å². The summed E-state index contributed by atoms with van der Waals surface area (Å²) < 4.78 is 4.29. The maximum Gasteiger partial charge on any atom is 0.306 e. The molecule has 1 aromatic heterocycles. The number of anilines is 1. The van der Waals surface area contributed by atoms with E-state index in [1.54, 1.807) is 6.92 Å². The van der Waals surface area contributed by atoms with Gasteiger partial charge in [-0.15, -0.1) is 0 Å². The molecule has 5 nitrogen and oxygen atoms in total. The maximum atomic E-state index is 10.7. The Kier molecular flexibility index (Phi) is 6.21. The average Bonchev–Trinajstić information content (AvgIpc) is 2.77. The fourth-order valence-corrected chi connectivity index (χ4v) is 2.48. The van der Waals surface area contributed by atoms with E-state index in [1.807, 2.05) is 0 Å². The van der Waals surface area contributed by atoms with E-state index in [-0.39, 0.29) is 12.0 Å². The van der Waals surface area contributed by atoms with Crippen molar-refractivity contribution in [3.05, 3.63) is 5.82 Å². The van der Waals surface area contributed by atoms with Gasteiger partial charge in [0.15, 0.2) is 0 Å². The lowest BCUT2D eigenvalue weighted by Crippen LogP contribution is -2.16. The third kappa shape index (κ3) is 5.55. The van der Waals surface area contributed by atoms with Gasteiger partial charge in [-0.05, 0) is 19.8 Å². The van der Waals surface area contributed by atoms with Crippen LogP contribution in [0, 0.1) is 5.92 Å². The summed E-state index contributed by atoms with van der Waals surface area (Å²) in [5.74, 6) is 0.241. The number of hydrogen-bond acceptors (Lipinski definition) is 5. The molecule has 1 rings (SSSR count). The van der Waals surface area contributed by atoms with Crippen LogP contribution in [0.2, 0.25) is 0 Å². The normalized spacial score (nSPS) is 14.4. The fraction of sp³-hybridized carbons (Fsp3) is 0.769. The van der Waals surface area contributed by atoms with Crippen molar-refractivity contribution in [1.82, 2.24) is 9.36 Å². The molecule has 2 N–H and O–H groups in total. The Morgan fingerprint density at radius 3 is 2.53 bits per heavy atom. The van der Waals surface area contributed by atoms with Crippen LogP contribution in [0.1, 0.15) is 58.7 Å². The molecular formula is C13H23N3O2S. The monoisotopic (exact) mass is 285 g/mol. The van der Waals surface area contributed by atoms with E-state index in [0.717, 1.165) is 23.8 Å². The highest BCUT2D eigenvalue weighted by molar-refractivity contribution is 7.09. The summed E-state index contributed by atoms with van der Waals surface area (Å²) in [6.07, 6.45) is 2.56. The van der Waals surface area contributed by atoms with E-state index >= 15 is 0 Å². The van der Waals surface area contributed by atoms with E-state index in [4.69, 9.17) is 5.11 Å². The average molecular weight is 285 g/mol. The van der Waals surface area contributed by atoms with Crippen LogP contribution >= 0.6 is 11.5 Å². The van der Waals surface area contributed by atoms with Crippen molar-refractivity contribution < 1.29 is 9.90 Å². The minimum absolute atomic E-state index is 0.263. The first-order chi connectivity index (χ1) is 8.90. The summed E-state index contributed by atoms with van der Waals surface area (Å²) in [5.41, 5.74) is 0. The van der Waals surface area contributed by atoms with E-state index in [2.05, 4.69) is 35.4 Å². The van der Waals surface area contributed by atoms with Gasteiger partial charge in [-0.25, -0.2) is 4.98 Å². The van der Waals surface area contributed by atoms with Gasteiger partial charge in [0.2, 0.25) is 5.13 Å². The van der Waals surface area contributed by atoms with Crippen LogP contribution in [0.3, 0.4) is 0 Å². The Hall–Kier alpha value is -1.17. The van der Waals surface area contributed by atoms with E-state index < -0.39 is 5.97 Å². The van der Waals surface area contributed by atoms with Crippen molar-refractivity contribution in [3.8, 4) is 0 Å². The Morgan fingerprint density at radius 1 is 1.32 bits per heavy atom. The number of nitrogens with one attached hydrogen (secondary N) is 1. The number of carbonyl (C=O) groups is 1. The predicted octanol–water partition coefficient (Wildman–Crippen LogP) is 3.35. The third-order valence-corrected chi connectivity index (χ3v) is 3.68. The second kappa shape index (κ2) is 7.43. The first kappa shape index (κ1) is 15.9. The molecule has 0 bridgehead atoms. The van der Waals surface area contributed by atoms with E-state index in [9.17, 15) is 4.79 Å². The molecule has 0 aliphatic heterocycles. The van der Waals surface area contributed by atoms with Crippen LogP contribution in [0.15, 0.2) is 0 Å². The van der Waals surface area contributed by atoms with Gasteiger partial charge in [0.25, 0.3) is 0 Å². The van der Waals surface area contributed by atoms with Crippen molar-refractivity contribution in [2.75, 3.05) is 5.32 Å². The number of carboxylic acid groups (broad SMARTS) is 1. The van der Waals surface area contributed by atoms with E-state index in [0.29, 0.717) is 12.3 Å².